The van der Waals surface area contributed by atoms with Crippen molar-refractivity contribution < 1.29 is 9.90 Å². The smallest absolute Gasteiger partial charge is 0.224 e. The summed E-state index contributed by atoms with van der Waals surface area (Å²) in [6.07, 6.45) is 2.17. The van der Waals surface area contributed by atoms with Crippen LogP contribution in [0.15, 0.2) is 30.3 Å². The zero-order valence-corrected chi connectivity index (χ0v) is 10.5. The minimum atomic E-state index is -0.265. The lowest BCUT2D eigenvalue weighted by atomic mass is 10.0. The van der Waals surface area contributed by atoms with Crippen LogP contribution in [0.4, 0.5) is 0 Å². The Morgan fingerprint density at radius 2 is 2.17 bits per heavy atom. The fourth-order valence-electron chi connectivity index (χ4n) is 2.48. The van der Waals surface area contributed by atoms with Crippen LogP contribution < -0.4 is 5.73 Å². The molecule has 1 fully saturated rings. The molecule has 3 N–H and O–H groups in total. The molecule has 1 heterocycles. The summed E-state index contributed by atoms with van der Waals surface area (Å²) >= 11 is 0. The summed E-state index contributed by atoms with van der Waals surface area (Å²) < 4.78 is 0. The third kappa shape index (κ3) is 2.89. The lowest BCUT2D eigenvalue weighted by Gasteiger charge is -2.24. The van der Waals surface area contributed by atoms with Gasteiger partial charge in [-0.2, -0.15) is 0 Å². The first kappa shape index (κ1) is 13.1. The van der Waals surface area contributed by atoms with Crippen LogP contribution in [-0.2, 0) is 4.79 Å². The number of rotatable bonds is 4. The molecule has 98 valence electrons. The first-order valence-corrected chi connectivity index (χ1v) is 6.43. The van der Waals surface area contributed by atoms with Crippen molar-refractivity contribution in [2.24, 2.45) is 5.73 Å². The molecule has 1 aromatic carbocycles. The van der Waals surface area contributed by atoms with E-state index in [0.717, 1.165) is 24.9 Å². The number of carbonyl (C=O) groups is 1. The number of nitrogens with zero attached hydrogens (tertiary/aromatic N) is 1. The van der Waals surface area contributed by atoms with Gasteiger partial charge < -0.3 is 15.7 Å². The summed E-state index contributed by atoms with van der Waals surface area (Å²) in [5.41, 5.74) is 7.02. The molecule has 4 nitrogen and oxygen atoms in total. The van der Waals surface area contributed by atoms with Crippen molar-refractivity contribution in [1.29, 1.82) is 0 Å². The fraction of sp³-hybridized carbons (Fsp3) is 0.500. The van der Waals surface area contributed by atoms with Gasteiger partial charge in [0.05, 0.1) is 12.6 Å². The maximum atomic E-state index is 12.1. The summed E-state index contributed by atoms with van der Waals surface area (Å²) in [6, 6.07) is 9.37. The third-order valence-corrected chi connectivity index (χ3v) is 3.53. The number of aliphatic hydroxyl groups is 1. The van der Waals surface area contributed by atoms with Gasteiger partial charge in [-0.3, -0.25) is 4.79 Å². The number of carbonyl (C=O) groups excluding carboxylic acids is 1. The largest absolute Gasteiger partial charge is 0.394 e. The Bertz CT molecular complexity index is 394. The van der Waals surface area contributed by atoms with Gasteiger partial charge in [0.1, 0.15) is 0 Å². The van der Waals surface area contributed by atoms with Gasteiger partial charge in [0.2, 0.25) is 5.91 Å². The average Bonchev–Trinajstić information content (AvgIpc) is 2.88. The topological polar surface area (TPSA) is 66.6 Å². The lowest BCUT2D eigenvalue weighted by Crippen LogP contribution is -2.39. The molecule has 18 heavy (non-hydrogen) atoms. The van der Waals surface area contributed by atoms with Crippen LogP contribution in [0.3, 0.4) is 0 Å². The van der Waals surface area contributed by atoms with Crippen LogP contribution in [0.5, 0.6) is 0 Å². The number of nitrogens with two attached hydrogens (primary N) is 1. The van der Waals surface area contributed by atoms with E-state index in [1.165, 1.54) is 0 Å². The summed E-state index contributed by atoms with van der Waals surface area (Å²) in [6.45, 7) is 0.790. The highest BCUT2D eigenvalue weighted by molar-refractivity contribution is 5.77. The molecule has 1 unspecified atom stereocenters. The monoisotopic (exact) mass is 248 g/mol. The first-order valence-electron chi connectivity index (χ1n) is 6.43. The van der Waals surface area contributed by atoms with Gasteiger partial charge in [0.15, 0.2) is 0 Å². The Hall–Kier alpha value is -1.39. The van der Waals surface area contributed by atoms with Crippen LogP contribution in [-0.4, -0.2) is 35.1 Å². The number of aliphatic hydroxyl groups excluding tert-OH is 1. The van der Waals surface area contributed by atoms with Gasteiger partial charge in [0.25, 0.3) is 0 Å². The van der Waals surface area contributed by atoms with E-state index >= 15 is 0 Å². The third-order valence-electron chi connectivity index (χ3n) is 3.53. The van der Waals surface area contributed by atoms with Crippen molar-refractivity contribution in [2.45, 2.75) is 31.3 Å². The standard InChI is InChI=1S/C14H20N2O2/c15-13(11-5-2-1-3-6-11)9-14(18)16-8-4-7-12(16)10-17/h1-3,5-6,12-13,17H,4,7-10,15H2/t12-,13?/m0/s1. The molecule has 4 heteroatoms. The van der Waals surface area contributed by atoms with Crippen molar-refractivity contribution in [3.63, 3.8) is 0 Å². The zero-order chi connectivity index (χ0) is 13.0. The summed E-state index contributed by atoms with van der Waals surface area (Å²) in [5.74, 6) is 0.0444. The van der Waals surface area contributed by atoms with Gasteiger partial charge in [-0.1, -0.05) is 30.3 Å². The molecule has 1 aromatic rings. The van der Waals surface area contributed by atoms with E-state index in [0.29, 0.717) is 6.42 Å². The van der Waals surface area contributed by atoms with Gasteiger partial charge in [0, 0.05) is 19.0 Å². The molecule has 0 spiro atoms. The second kappa shape index (κ2) is 5.98. The Morgan fingerprint density at radius 1 is 1.44 bits per heavy atom. The quantitative estimate of drug-likeness (QED) is 0.837. The predicted molar refractivity (Wildman–Crippen MR) is 69.8 cm³/mol. The Kier molecular flexibility index (Phi) is 4.33. The van der Waals surface area contributed by atoms with Crippen LogP contribution in [0.1, 0.15) is 30.9 Å². The molecule has 0 radical (unpaired) electrons. The molecule has 1 aliphatic heterocycles. The Morgan fingerprint density at radius 3 is 2.83 bits per heavy atom. The second-order valence-electron chi connectivity index (χ2n) is 4.79. The van der Waals surface area contributed by atoms with E-state index in [1.54, 1.807) is 4.90 Å². The van der Waals surface area contributed by atoms with Crippen LogP contribution in [0.2, 0.25) is 0 Å². The molecular formula is C14H20N2O2. The molecule has 2 rings (SSSR count). The SMILES string of the molecule is NC(CC(=O)N1CCC[C@H]1CO)c1ccccc1. The Balaban J connectivity index is 1.95. The zero-order valence-electron chi connectivity index (χ0n) is 10.5. The normalized spacial score (nSPS) is 21.0. The summed E-state index contributed by atoms with van der Waals surface area (Å²) in [5, 5.41) is 9.21. The van der Waals surface area contributed by atoms with Gasteiger partial charge >= 0.3 is 0 Å². The molecule has 0 saturated carbocycles. The van der Waals surface area contributed by atoms with Gasteiger partial charge in [-0.25, -0.2) is 0 Å². The van der Waals surface area contributed by atoms with Crippen molar-refractivity contribution in [3.8, 4) is 0 Å². The maximum Gasteiger partial charge on any atom is 0.224 e. The van der Waals surface area contributed by atoms with Crippen molar-refractivity contribution in [3.05, 3.63) is 35.9 Å². The molecule has 1 amide bonds. The summed E-state index contributed by atoms with van der Waals surface area (Å²) in [7, 11) is 0. The molecule has 1 saturated heterocycles. The van der Waals surface area contributed by atoms with E-state index < -0.39 is 0 Å². The predicted octanol–water partition coefficient (Wildman–Crippen LogP) is 1.06. The highest BCUT2D eigenvalue weighted by atomic mass is 16.3. The van der Waals surface area contributed by atoms with Crippen LogP contribution in [0, 0.1) is 0 Å². The maximum absolute atomic E-state index is 12.1. The molecule has 1 aliphatic rings. The average molecular weight is 248 g/mol. The van der Waals surface area contributed by atoms with Gasteiger partial charge in [-0.15, -0.1) is 0 Å². The number of hydrogen-bond acceptors (Lipinski definition) is 3. The van der Waals surface area contributed by atoms with Crippen LogP contribution in [0.25, 0.3) is 0 Å². The highest BCUT2D eigenvalue weighted by Crippen LogP contribution is 2.21. The molecule has 0 aliphatic carbocycles. The van der Waals surface area contributed by atoms with E-state index in [-0.39, 0.29) is 24.6 Å². The van der Waals surface area contributed by atoms with Gasteiger partial charge in [-0.05, 0) is 18.4 Å². The molecule has 2 atom stereocenters. The number of benzene rings is 1. The number of hydrogen-bond donors (Lipinski definition) is 2. The Labute approximate surface area is 107 Å². The van der Waals surface area contributed by atoms with E-state index in [1.807, 2.05) is 30.3 Å². The van der Waals surface area contributed by atoms with Crippen molar-refractivity contribution >= 4 is 5.91 Å². The van der Waals surface area contributed by atoms with E-state index in [4.69, 9.17) is 5.73 Å². The highest BCUT2D eigenvalue weighted by Gasteiger charge is 2.28. The lowest BCUT2D eigenvalue weighted by molar-refractivity contribution is -0.133. The molecule has 0 bridgehead atoms. The second-order valence-corrected chi connectivity index (χ2v) is 4.79. The summed E-state index contributed by atoms with van der Waals surface area (Å²) in [4.78, 5) is 13.9. The first-order chi connectivity index (χ1) is 8.72. The fourth-order valence-corrected chi connectivity index (χ4v) is 2.48. The molecular weight excluding hydrogens is 228 g/mol. The van der Waals surface area contributed by atoms with E-state index in [9.17, 15) is 9.90 Å². The minimum Gasteiger partial charge on any atom is -0.394 e. The van der Waals surface area contributed by atoms with Crippen molar-refractivity contribution in [2.75, 3.05) is 13.2 Å². The number of likely N-dealkylation sites (tertiary alicyclic amines) is 1. The van der Waals surface area contributed by atoms with Crippen LogP contribution >= 0.6 is 0 Å². The van der Waals surface area contributed by atoms with Crippen molar-refractivity contribution in [1.82, 2.24) is 4.90 Å². The van der Waals surface area contributed by atoms with E-state index in [2.05, 4.69) is 0 Å². The minimum absolute atomic E-state index is 0.0135. The number of amides is 1. The molecule has 0 aromatic heterocycles.